The smallest absolute Gasteiger partial charge is 0.223 e. The van der Waals surface area contributed by atoms with Crippen LogP contribution in [0, 0.1) is 11.7 Å². The van der Waals surface area contributed by atoms with Gasteiger partial charge in [-0.2, -0.15) is 0 Å². The van der Waals surface area contributed by atoms with Gasteiger partial charge in [-0.25, -0.2) is 4.39 Å². The molecule has 4 nitrogen and oxygen atoms in total. The third kappa shape index (κ3) is 4.15. The zero-order chi connectivity index (χ0) is 16.9. The number of aliphatic hydroxyl groups is 1. The lowest BCUT2D eigenvalue weighted by Gasteiger charge is -2.31. The fourth-order valence-electron chi connectivity index (χ4n) is 3.39. The first-order chi connectivity index (χ1) is 11.6. The van der Waals surface area contributed by atoms with Gasteiger partial charge in [0.15, 0.2) is 0 Å². The van der Waals surface area contributed by atoms with Crippen molar-refractivity contribution in [2.45, 2.75) is 44.8 Å². The summed E-state index contributed by atoms with van der Waals surface area (Å²) in [6, 6.07) is 5.14. The van der Waals surface area contributed by atoms with Crippen LogP contribution in [0.3, 0.4) is 0 Å². The number of rotatable bonds is 4. The first kappa shape index (κ1) is 17.0. The van der Waals surface area contributed by atoms with Crippen molar-refractivity contribution in [1.82, 2.24) is 5.32 Å². The average molecular weight is 332 g/mol. The fourth-order valence-corrected chi connectivity index (χ4v) is 3.39. The maximum Gasteiger partial charge on any atom is 0.223 e. The molecule has 1 heterocycles. The Morgan fingerprint density at radius 3 is 2.71 bits per heavy atom. The van der Waals surface area contributed by atoms with Crippen molar-refractivity contribution in [2.24, 2.45) is 5.92 Å². The van der Waals surface area contributed by atoms with Crippen molar-refractivity contribution < 1.29 is 14.3 Å². The van der Waals surface area contributed by atoms with Gasteiger partial charge in [0.25, 0.3) is 0 Å². The van der Waals surface area contributed by atoms with Crippen LogP contribution in [0.4, 0.5) is 10.1 Å². The molecule has 1 saturated heterocycles. The second-order valence-corrected chi connectivity index (χ2v) is 6.70. The highest BCUT2D eigenvalue weighted by molar-refractivity contribution is 5.79. The molecule has 24 heavy (non-hydrogen) atoms. The number of carbonyl (C=O) groups excluding carboxylic acids is 1. The predicted molar refractivity (Wildman–Crippen MR) is 92.2 cm³/mol. The molecule has 5 heteroatoms. The largest absolute Gasteiger partial charge is 0.393 e. The van der Waals surface area contributed by atoms with Gasteiger partial charge in [0.2, 0.25) is 5.91 Å². The van der Waals surface area contributed by atoms with Gasteiger partial charge in [-0.3, -0.25) is 4.79 Å². The highest BCUT2D eigenvalue weighted by Gasteiger charge is 2.20. The van der Waals surface area contributed by atoms with Gasteiger partial charge in [-0.05, 0) is 49.8 Å². The van der Waals surface area contributed by atoms with Gasteiger partial charge < -0.3 is 15.3 Å². The van der Waals surface area contributed by atoms with Crippen LogP contribution < -0.4 is 10.2 Å². The quantitative estimate of drug-likeness (QED) is 0.834. The topological polar surface area (TPSA) is 52.6 Å². The number of hydrogen-bond acceptors (Lipinski definition) is 3. The highest BCUT2D eigenvalue weighted by atomic mass is 19.1. The maximum atomic E-state index is 14.4. The van der Waals surface area contributed by atoms with Gasteiger partial charge in [0, 0.05) is 25.6 Å². The van der Waals surface area contributed by atoms with Crippen molar-refractivity contribution >= 4 is 11.6 Å². The molecule has 2 N–H and O–H groups in total. The number of anilines is 1. The number of nitrogens with one attached hydrogen (secondary N) is 1. The van der Waals surface area contributed by atoms with Crippen LogP contribution in [0.5, 0.6) is 0 Å². The van der Waals surface area contributed by atoms with Gasteiger partial charge >= 0.3 is 0 Å². The first-order valence-electron chi connectivity index (χ1n) is 8.77. The highest BCUT2D eigenvalue weighted by Crippen LogP contribution is 2.24. The lowest BCUT2D eigenvalue weighted by molar-refractivity contribution is -0.125. The first-order valence-corrected chi connectivity index (χ1v) is 8.77. The molecular formula is C19H25FN2O2. The van der Waals surface area contributed by atoms with E-state index in [1.807, 2.05) is 11.0 Å². The molecule has 1 aliphatic heterocycles. The summed E-state index contributed by atoms with van der Waals surface area (Å²) in [5.41, 5.74) is 1.35. The lowest BCUT2D eigenvalue weighted by Crippen LogP contribution is -2.36. The third-order valence-electron chi connectivity index (χ3n) is 4.92. The second-order valence-electron chi connectivity index (χ2n) is 6.70. The zero-order valence-electron chi connectivity index (χ0n) is 13.9. The molecule has 0 radical (unpaired) electrons. The molecule has 0 bridgehead atoms. The Bertz CT molecular complexity index is 609. The van der Waals surface area contributed by atoms with E-state index in [9.17, 15) is 14.3 Å². The minimum atomic E-state index is -0.270. The van der Waals surface area contributed by atoms with Crippen molar-refractivity contribution in [1.29, 1.82) is 0 Å². The van der Waals surface area contributed by atoms with Crippen LogP contribution >= 0.6 is 0 Å². The van der Waals surface area contributed by atoms with Crippen LogP contribution in [0.15, 0.2) is 30.4 Å². The van der Waals surface area contributed by atoms with Crippen LogP contribution in [0.25, 0.3) is 0 Å². The minimum absolute atomic E-state index is 0.0406. The van der Waals surface area contributed by atoms with E-state index < -0.39 is 0 Å². The number of amides is 1. The van der Waals surface area contributed by atoms with Crippen molar-refractivity contribution in [2.75, 3.05) is 18.0 Å². The summed E-state index contributed by atoms with van der Waals surface area (Å²) in [7, 11) is 0. The minimum Gasteiger partial charge on any atom is -0.393 e. The van der Waals surface area contributed by atoms with Crippen LogP contribution in [0.2, 0.25) is 0 Å². The van der Waals surface area contributed by atoms with Crippen molar-refractivity contribution in [3.05, 3.63) is 41.7 Å². The fraction of sp³-hybridized carbons (Fsp3) is 0.526. The summed E-state index contributed by atoms with van der Waals surface area (Å²) in [4.78, 5) is 14.1. The Kier molecular flexibility index (Phi) is 5.51. The van der Waals surface area contributed by atoms with Gasteiger partial charge in [-0.1, -0.05) is 18.2 Å². The van der Waals surface area contributed by atoms with Crippen LogP contribution in [-0.4, -0.2) is 30.2 Å². The molecule has 1 unspecified atom stereocenters. The number of carbonyl (C=O) groups is 1. The lowest BCUT2D eigenvalue weighted by atomic mass is 9.93. The number of nitrogens with zero attached hydrogens (tertiary/aromatic N) is 1. The summed E-state index contributed by atoms with van der Waals surface area (Å²) in [6.45, 7) is 1.70. The number of aliphatic hydroxyl groups excluding tert-OH is 1. The van der Waals surface area contributed by atoms with E-state index in [2.05, 4.69) is 17.5 Å². The van der Waals surface area contributed by atoms with E-state index in [0.717, 1.165) is 24.8 Å². The molecule has 1 atom stereocenters. The molecule has 1 aromatic carbocycles. The van der Waals surface area contributed by atoms with E-state index in [1.165, 1.54) is 6.07 Å². The average Bonchev–Trinajstić information content (AvgIpc) is 2.61. The molecule has 0 spiro atoms. The van der Waals surface area contributed by atoms with Crippen LogP contribution in [-0.2, 0) is 11.3 Å². The van der Waals surface area contributed by atoms with Gasteiger partial charge in [-0.15, -0.1) is 0 Å². The molecule has 1 aliphatic carbocycles. The van der Waals surface area contributed by atoms with Crippen LogP contribution in [0.1, 0.15) is 37.7 Å². The van der Waals surface area contributed by atoms with E-state index >= 15 is 0 Å². The zero-order valence-corrected chi connectivity index (χ0v) is 13.9. The Morgan fingerprint density at radius 2 is 2.04 bits per heavy atom. The Hall–Kier alpha value is -1.88. The van der Waals surface area contributed by atoms with E-state index in [1.54, 1.807) is 6.07 Å². The Balaban J connectivity index is 1.56. The second kappa shape index (κ2) is 7.79. The number of allylic oxidation sites excluding steroid dienone is 2. The molecule has 0 saturated carbocycles. The number of piperidine rings is 1. The standard InChI is InChI=1S/C19H25FN2O2/c20-17-12-14(13-21-19(24)15-4-2-1-3-5-15)6-7-18(17)22-10-8-16(23)9-11-22/h1-2,6-7,12,15-16,23H,3-5,8-11,13H2,(H,21,24). The number of halogens is 1. The molecule has 0 aromatic heterocycles. The van der Waals surface area contributed by atoms with Gasteiger partial charge in [0.1, 0.15) is 5.82 Å². The molecule has 1 aromatic rings. The molecule has 1 fully saturated rings. The van der Waals surface area contributed by atoms with E-state index in [-0.39, 0.29) is 23.7 Å². The summed E-state index contributed by atoms with van der Waals surface area (Å²) in [6.07, 6.45) is 7.87. The summed E-state index contributed by atoms with van der Waals surface area (Å²) in [5.74, 6) is -0.175. The predicted octanol–water partition coefficient (Wildman–Crippen LogP) is 2.76. The van der Waals surface area contributed by atoms with Crippen molar-refractivity contribution in [3.63, 3.8) is 0 Å². The summed E-state index contributed by atoms with van der Waals surface area (Å²) < 4.78 is 14.4. The Labute approximate surface area is 142 Å². The van der Waals surface area contributed by atoms with E-state index in [4.69, 9.17) is 0 Å². The van der Waals surface area contributed by atoms with E-state index in [0.29, 0.717) is 38.2 Å². The van der Waals surface area contributed by atoms with Gasteiger partial charge in [0.05, 0.1) is 11.8 Å². The third-order valence-corrected chi connectivity index (χ3v) is 4.92. The molecule has 3 rings (SSSR count). The molecule has 1 amide bonds. The summed E-state index contributed by atoms with van der Waals surface area (Å²) in [5, 5.41) is 12.5. The molecule has 130 valence electrons. The number of benzene rings is 1. The Morgan fingerprint density at radius 1 is 1.25 bits per heavy atom. The number of hydrogen-bond donors (Lipinski definition) is 2. The van der Waals surface area contributed by atoms with Crippen molar-refractivity contribution in [3.8, 4) is 0 Å². The monoisotopic (exact) mass is 332 g/mol. The normalized spacial score (nSPS) is 21.8. The SMILES string of the molecule is O=C(NCc1ccc(N2CCC(O)CC2)c(F)c1)C1CC=CCC1. The molecular weight excluding hydrogens is 307 g/mol. The summed E-state index contributed by atoms with van der Waals surface area (Å²) >= 11 is 0. The molecule has 2 aliphatic rings. The maximum absolute atomic E-state index is 14.4.